The molecule has 0 aliphatic rings. The van der Waals surface area contributed by atoms with E-state index < -0.39 is 0 Å². The molecule has 0 radical (unpaired) electrons. The summed E-state index contributed by atoms with van der Waals surface area (Å²) in [4.78, 5) is 10.7. The average molecular weight is 370 g/mol. The second-order valence-corrected chi connectivity index (χ2v) is 5.97. The molecule has 0 bridgehead atoms. The number of hydrogen-bond acceptors (Lipinski definition) is 4. The highest BCUT2D eigenvalue weighted by molar-refractivity contribution is 14.1. The molecular formula is C12H25IN3O2-. The van der Waals surface area contributed by atoms with E-state index in [1.165, 1.54) is 0 Å². The molecule has 0 rings (SSSR count). The van der Waals surface area contributed by atoms with Crippen molar-refractivity contribution in [1.82, 2.24) is 15.7 Å². The largest absolute Gasteiger partial charge is 0.784 e. The van der Waals surface area contributed by atoms with E-state index in [-0.39, 0.29) is 16.1 Å². The van der Waals surface area contributed by atoms with Gasteiger partial charge in [-0.15, -0.1) is 0 Å². The van der Waals surface area contributed by atoms with Gasteiger partial charge in [0.25, 0.3) is 3.91 Å². The summed E-state index contributed by atoms with van der Waals surface area (Å²) >= 11 is 1.72. The van der Waals surface area contributed by atoms with Crippen LogP contribution in [-0.2, 0) is 0 Å². The summed E-state index contributed by atoms with van der Waals surface area (Å²) in [5.74, 6) is 0. The van der Waals surface area contributed by atoms with Gasteiger partial charge in [-0.25, -0.2) is 0 Å². The Morgan fingerprint density at radius 1 is 1.28 bits per heavy atom. The maximum atomic E-state index is 11.9. The lowest BCUT2D eigenvalue weighted by Gasteiger charge is -2.42. The first kappa shape index (κ1) is 18.1. The van der Waals surface area contributed by atoms with Crippen LogP contribution in [0, 0.1) is 5.21 Å². The SMILES string of the molecule is CC(C)NC(CCCCNC(=O)I)N([O-])C(C)C. The Kier molecular flexibility index (Phi) is 9.98. The normalized spacial score (nSPS) is 13.4. The van der Waals surface area contributed by atoms with E-state index in [0.717, 1.165) is 24.3 Å². The van der Waals surface area contributed by atoms with Crippen LogP contribution in [0.4, 0.5) is 4.79 Å². The first-order valence-electron chi connectivity index (χ1n) is 6.49. The van der Waals surface area contributed by atoms with Crippen molar-refractivity contribution in [2.45, 2.75) is 65.2 Å². The number of unbranched alkanes of at least 4 members (excludes halogenated alkanes) is 1. The number of nitrogens with zero attached hydrogens (tertiary/aromatic N) is 1. The summed E-state index contributed by atoms with van der Waals surface area (Å²) in [5, 5.41) is 19.1. The molecule has 1 unspecified atom stereocenters. The van der Waals surface area contributed by atoms with Crippen LogP contribution in [0.5, 0.6) is 0 Å². The molecule has 0 saturated carbocycles. The Morgan fingerprint density at radius 3 is 2.33 bits per heavy atom. The van der Waals surface area contributed by atoms with Gasteiger partial charge in [-0.3, -0.25) is 4.79 Å². The summed E-state index contributed by atoms with van der Waals surface area (Å²) in [7, 11) is 0. The minimum absolute atomic E-state index is 0.0182. The van der Waals surface area contributed by atoms with Gasteiger partial charge in [0.2, 0.25) is 0 Å². The fourth-order valence-corrected chi connectivity index (χ4v) is 1.95. The van der Waals surface area contributed by atoms with Gasteiger partial charge in [-0.05, 0) is 39.2 Å². The van der Waals surface area contributed by atoms with Gasteiger partial charge in [0.15, 0.2) is 0 Å². The minimum atomic E-state index is -0.139. The van der Waals surface area contributed by atoms with E-state index in [1.54, 1.807) is 22.6 Å². The molecule has 0 aromatic carbocycles. The molecule has 0 aromatic rings. The Bertz CT molecular complexity index is 237. The lowest BCUT2D eigenvalue weighted by Crippen LogP contribution is -2.48. The van der Waals surface area contributed by atoms with Crippen LogP contribution in [0.1, 0.15) is 47.0 Å². The molecule has 1 atom stereocenters. The van der Waals surface area contributed by atoms with Crippen LogP contribution in [0.15, 0.2) is 0 Å². The van der Waals surface area contributed by atoms with Gasteiger partial charge in [-0.1, -0.05) is 13.8 Å². The first-order valence-corrected chi connectivity index (χ1v) is 7.57. The molecule has 5 nitrogen and oxygen atoms in total. The van der Waals surface area contributed by atoms with E-state index in [9.17, 15) is 10.0 Å². The van der Waals surface area contributed by atoms with E-state index in [2.05, 4.69) is 10.6 Å². The fourth-order valence-electron chi connectivity index (χ4n) is 1.68. The molecule has 0 aliphatic heterocycles. The van der Waals surface area contributed by atoms with Crippen LogP contribution < -0.4 is 10.6 Å². The lowest BCUT2D eigenvalue weighted by atomic mass is 10.1. The Hall–Kier alpha value is 0.0800. The number of rotatable bonds is 9. The first-order chi connectivity index (χ1) is 8.34. The van der Waals surface area contributed by atoms with Gasteiger partial charge >= 0.3 is 0 Å². The predicted molar refractivity (Wildman–Crippen MR) is 83.7 cm³/mol. The highest BCUT2D eigenvalue weighted by Crippen LogP contribution is 2.09. The molecular weight excluding hydrogens is 345 g/mol. The second kappa shape index (κ2) is 9.94. The summed E-state index contributed by atoms with van der Waals surface area (Å²) in [6, 6.07) is 0.273. The number of carbonyl (C=O) groups is 1. The van der Waals surface area contributed by atoms with Gasteiger partial charge in [0.05, 0.1) is 0 Å². The van der Waals surface area contributed by atoms with Gasteiger partial charge in [0.1, 0.15) is 0 Å². The summed E-state index contributed by atoms with van der Waals surface area (Å²) in [6.07, 6.45) is 2.49. The topological polar surface area (TPSA) is 67.4 Å². The summed E-state index contributed by atoms with van der Waals surface area (Å²) in [6.45, 7) is 8.56. The van der Waals surface area contributed by atoms with Crippen molar-refractivity contribution in [2.24, 2.45) is 0 Å². The van der Waals surface area contributed by atoms with E-state index in [4.69, 9.17) is 0 Å². The van der Waals surface area contributed by atoms with Crippen molar-refractivity contribution in [3.8, 4) is 0 Å². The Balaban J connectivity index is 3.97. The quantitative estimate of drug-likeness (QED) is 0.164. The molecule has 2 N–H and O–H groups in total. The van der Waals surface area contributed by atoms with Gasteiger partial charge in [-0.2, -0.15) is 0 Å². The third-order valence-corrected chi connectivity index (χ3v) is 2.89. The highest BCUT2D eigenvalue weighted by atomic mass is 127. The molecule has 6 heteroatoms. The zero-order valence-electron chi connectivity index (χ0n) is 11.7. The van der Waals surface area contributed by atoms with Gasteiger partial charge in [0, 0.05) is 41.3 Å². The molecule has 0 heterocycles. The third-order valence-electron chi connectivity index (χ3n) is 2.51. The Morgan fingerprint density at radius 2 is 1.89 bits per heavy atom. The maximum Gasteiger partial charge on any atom is 0.280 e. The van der Waals surface area contributed by atoms with Crippen molar-refractivity contribution in [3.05, 3.63) is 5.21 Å². The van der Waals surface area contributed by atoms with E-state index in [0.29, 0.717) is 12.6 Å². The zero-order valence-corrected chi connectivity index (χ0v) is 13.9. The monoisotopic (exact) mass is 370 g/mol. The summed E-state index contributed by atoms with van der Waals surface area (Å²) in [5.41, 5.74) is 0. The molecule has 1 amide bonds. The lowest BCUT2D eigenvalue weighted by molar-refractivity contribution is 0.169. The summed E-state index contributed by atoms with van der Waals surface area (Å²) < 4.78 is -0.0305. The second-order valence-electron chi connectivity index (χ2n) is 4.99. The van der Waals surface area contributed by atoms with Crippen LogP contribution in [0.25, 0.3) is 0 Å². The van der Waals surface area contributed by atoms with Crippen molar-refractivity contribution in [3.63, 3.8) is 0 Å². The predicted octanol–water partition coefficient (Wildman–Crippen LogP) is 2.83. The van der Waals surface area contributed by atoms with Crippen molar-refractivity contribution in [1.29, 1.82) is 0 Å². The van der Waals surface area contributed by atoms with Crippen LogP contribution in [0.3, 0.4) is 0 Å². The maximum absolute atomic E-state index is 11.9. The molecule has 18 heavy (non-hydrogen) atoms. The Labute approximate surface area is 124 Å². The molecule has 0 aromatic heterocycles. The number of hydroxylamine groups is 2. The van der Waals surface area contributed by atoms with E-state index in [1.807, 2.05) is 27.7 Å². The average Bonchev–Trinajstić information content (AvgIpc) is 2.24. The minimum Gasteiger partial charge on any atom is -0.784 e. The standard InChI is InChI=1S/C12H25IN3O2/c1-9(2)15-11(16(18)10(3)4)7-5-6-8-14-12(13)17/h9-11,15H,5-8H2,1-4H3,(H,14,17)/q-1. The molecule has 0 spiro atoms. The molecule has 0 saturated heterocycles. The smallest absolute Gasteiger partial charge is 0.280 e. The van der Waals surface area contributed by atoms with E-state index >= 15 is 0 Å². The van der Waals surface area contributed by atoms with Gasteiger partial charge < -0.3 is 20.9 Å². The zero-order chi connectivity index (χ0) is 14.1. The fraction of sp³-hybridized carbons (Fsp3) is 0.917. The highest BCUT2D eigenvalue weighted by Gasteiger charge is 2.13. The van der Waals surface area contributed by atoms with Crippen LogP contribution >= 0.6 is 22.6 Å². The molecule has 0 fully saturated rings. The van der Waals surface area contributed by atoms with Crippen molar-refractivity contribution < 1.29 is 4.79 Å². The number of carbonyl (C=O) groups excluding carboxylic acids is 1. The molecule has 108 valence electrons. The van der Waals surface area contributed by atoms with Crippen LogP contribution in [0.2, 0.25) is 0 Å². The van der Waals surface area contributed by atoms with Crippen molar-refractivity contribution >= 4 is 26.5 Å². The number of nitrogens with one attached hydrogen (secondary N) is 2. The van der Waals surface area contributed by atoms with Crippen LogP contribution in [-0.4, -0.2) is 33.8 Å². The third kappa shape index (κ3) is 9.07. The molecule has 0 aliphatic carbocycles. The number of hydrogen-bond donors (Lipinski definition) is 2. The van der Waals surface area contributed by atoms with Crippen molar-refractivity contribution in [2.75, 3.05) is 6.54 Å². The number of amides is 1. The number of halogens is 1.